The number of benzene rings is 2. The molecule has 0 N–H and O–H groups in total. The molecule has 0 spiro atoms. The minimum Gasteiger partial charge on any atom is -0.490 e. The predicted octanol–water partition coefficient (Wildman–Crippen LogP) is 6.33. The van der Waals surface area contributed by atoms with Gasteiger partial charge in [-0.3, -0.25) is 14.5 Å². The Balaban J connectivity index is 1.87. The van der Waals surface area contributed by atoms with Crippen molar-refractivity contribution in [2.24, 2.45) is 0 Å². The number of esters is 1. The van der Waals surface area contributed by atoms with E-state index in [4.69, 9.17) is 32.7 Å². The Bertz CT molecular complexity index is 1170. The third-order valence-corrected chi connectivity index (χ3v) is 6.83. The first-order valence-electron chi connectivity index (χ1n) is 10.0. The van der Waals surface area contributed by atoms with Gasteiger partial charge in [-0.15, -0.1) is 0 Å². The van der Waals surface area contributed by atoms with E-state index in [1.165, 1.54) is 14.0 Å². The van der Waals surface area contributed by atoms with E-state index in [-0.39, 0.29) is 11.5 Å². The highest BCUT2D eigenvalue weighted by molar-refractivity contribution is 9.10. The number of carbonyl (C=O) groups is 3. The average molecular weight is 589 g/mol. The third-order valence-electron chi connectivity index (χ3n) is 4.77. The van der Waals surface area contributed by atoms with Crippen molar-refractivity contribution in [3.05, 3.63) is 60.9 Å². The molecule has 0 aromatic heterocycles. The van der Waals surface area contributed by atoms with Crippen LogP contribution in [0.25, 0.3) is 6.08 Å². The van der Waals surface area contributed by atoms with Crippen molar-refractivity contribution >= 4 is 74.1 Å². The maximum absolute atomic E-state index is 12.8. The van der Waals surface area contributed by atoms with E-state index in [2.05, 4.69) is 20.7 Å². The van der Waals surface area contributed by atoms with E-state index >= 15 is 0 Å². The van der Waals surface area contributed by atoms with E-state index < -0.39 is 23.2 Å². The number of halogens is 3. The molecule has 1 fully saturated rings. The second-order valence-corrected chi connectivity index (χ2v) is 9.73. The molecule has 0 saturated carbocycles. The normalized spacial score (nSPS) is 15.6. The average Bonchev–Trinajstić information content (AvgIpc) is 3.06. The SMILES string of the molecule is CCOc1cc(/C=C2/SC(=O)N([C@H](C)C(=O)OC)C2=O)cc(Br)c1OCc1ccc(Cl)cc1Cl. The molecule has 2 aromatic rings. The largest absolute Gasteiger partial charge is 0.490 e. The molecule has 1 heterocycles. The zero-order chi connectivity index (χ0) is 25.0. The van der Waals surface area contributed by atoms with Gasteiger partial charge in [0.1, 0.15) is 12.6 Å². The van der Waals surface area contributed by atoms with Crippen LogP contribution in [0.1, 0.15) is 25.0 Å². The molecule has 2 amide bonds. The standard InChI is InChI=1S/C23H20BrCl2NO6S/c1-4-32-18-8-13(9-19-21(28)27(23(30)34-19)12(2)22(29)31-3)7-16(24)20(18)33-11-14-5-6-15(25)10-17(14)26/h5-10,12H,4,11H2,1-3H3/b19-9+/t12-/m1/s1. The first-order valence-corrected chi connectivity index (χ1v) is 12.4. The fourth-order valence-electron chi connectivity index (χ4n) is 3.10. The van der Waals surface area contributed by atoms with Crippen LogP contribution in [0.3, 0.4) is 0 Å². The van der Waals surface area contributed by atoms with Gasteiger partial charge in [0, 0.05) is 15.6 Å². The van der Waals surface area contributed by atoms with Gasteiger partial charge in [0.25, 0.3) is 11.1 Å². The summed E-state index contributed by atoms with van der Waals surface area (Å²) in [6.07, 6.45) is 1.56. The van der Waals surface area contributed by atoms with E-state index in [1.807, 2.05) is 6.92 Å². The molecular weight excluding hydrogens is 569 g/mol. The number of rotatable bonds is 8. The lowest BCUT2D eigenvalue weighted by Crippen LogP contribution is -2.42. The van der Waals surface area contributed by atoms with Crippen molar-refractivity contribution in [1.29, 1.82) is 0 Å². The first-order chi connectivity index (χ1) is 16.2. The van der Waals surface area contributed by atoms with E-state index in [9.17, 15) is 14.4 Å². The molecule has 1 atom stereocenters. The molecule has 1 aliphatic rings. The van der Waals surface area contributed by atoms with Crippen molar-refractivity contribution in [1.82, 2.24) is 4.90 Å². The monoisotopic (exact) mass is 587 g/mol. The Morgan fingerprint density at radius 3 is 2.59 bits per heavy atom. The van der Waals surface area contributed by atoms with Crippen molar-refractivity contribution in [3.63, 3.8) is 0 Å². The highest BCUT2D eigenvalue weighted by Crippen LogP contribution is 2.40. The fourth-order valence-corrected chi connectivity index (χ4v) is 5.05. The fraction of sp³-hybridized carbons (Fsp3) is 0.261. The summed E-state index contributed by atoms with van der Waals surface area (Å²) in [6, 6.07) is 7.55. The summed E-state index contributed by atoms with van der Waals surface area (Å²) in [4.78, 5) is 38.0. The maximum Gasteiger partial charge on any atom is 0.328 e. The van der Waals surface area contributed by atoms with Crippen LogP contribution in [0.15, 0.2) is 39.7 Å². The molecule has 0 unspecified atom stereocenters. The molecular formula is C23H20BrCl2NO6S. The predicted molar refractivity (Wildman–Crippen MR) is 135 cm³/mol. The Kier molecular flexibility index (Phi) is 8.92. The lowest BCUT2D eigenvalue weighted by atomic mass is 10.1. The highest BCUT2D eigenvalue weighted by Gasteiger charge is 2.41. The van der Waals surface area contributed by atoms with Gasteiger partial charge in [-0.25, -0.2) is 4.79 Å². The highest BCUT2D eigenvalue weighted by atomic mass is 79.9. The van der Waals surface area contributed by atoms with Crippen LogP contribution in [-0.4, -0.2) is 41.8 Å². The Morgan fingerprint density at radius 1 is 1.21 bits per heavy atom. The maximum atomic E-state index is 12.8. The summed E-state index contributed by atoms with van der Waals surface area (Å²) in [5, 5.41) is 0.466. The van der Waals surface area contributed by atoms with Crippen LogP contribution in [0, 0.1) is 0 Å². The van der Waals surface area contributed by atoms with Crippen LogP contribution >= 0.6 is 50.9 Å². The lowest BCUT2D eigenvalue weighted by molar-refractivity contribution is -0.148. The van der Waals surface area contributed by atoms with Gasteiger partial charge in [0.15, 0.2) is 11.5 Å². The molecule has 0 bridgehead atoms. The number of methoxy groups -OCH3 is 1. The van der Waals surface area contributed by atoms with Gasteiger partial charge >= 0.3 is 5.97 Å². The zero-order valence-electron chi connectivity index (χ0n) is 18.4. The van der Waals surface area contributed by atoms with Crippen LogP contribution in [0.4, 0.5) is 4.79 Å². The molecule has 7 nitrogen and oxygen atoms in total. The van der Waals surface area contributed by atoms with E-state index in [1.54, 1.807) is 36.4 Å². The van der Waals surface area contributed by atoms with Gasteiger partial charge in [0.2, 0.25) is 0 Å². The van der Waals surface area contributed by atoms with Crippen LogP contribution in [-0.2, 0) is 20.9 Å². The number of carbonyl (C=O) groups excluding carboxylic acids is 3. The lowest BCUT2D eigenvalue weighted by Gasteiger charge is -2.18. The Hall–Kier alpha value is -2.20. The summed E-state index contributed by atoms with van der Waals surface area (Å²) in [6.45, 7) is 3.83. The number of amides is 2. The Labute approximate surface area is 219 Å². The van der Waals surface area contributed by atoms with Gasteiger partial charge in [-0.1, -0.05) is 29.3 Å². The number of hydrogen-bond donors (Lipinski definition) is 0. The molecule has 0 radical (unpaired) electrons. The number of ether oxygens (including phenoxy) is 3. The van der Waals surface area contributed by atoms with Gasteiger partial charge in [-0.05, 0) is 77.4 Å². The molecule has 0 aliphatic carbocycles. The second-order valence-electron chi connectivity index (χ2n) is 7.04. The molecule has 2 aromatic carbocycles. The van der Waals surface area contributed by atoms with Crippen molar-refractivity contribution in [3.8, 4) is 11.5 Å². The third kappa shape index (κ3) is 5.89. The molecule has 11 heteroatoms. The smallest absolute Gasteiger partial charge is 0.328 e. The second kappa shape index (κ2) is 11.5. The van der Waals surface area contributed by atoms with Crippen molar-refractivity contribution in [2.75, 3.05) is 13.7 Å². The van der Waals surface area contributed by atoms with Crippen LogP contribution in [0.2, 0.25) is 10.0 Å². The number of imide groups is 1. The summed E-state index contributed by atoms with van der Waals surface area (Å²) in [7, 11) is 1.20. The molecule has 1 aliphatic heterocycles. The van der Waals surface area contributed by atoms with E-state index in [0.29, 0.717) is 38.2 Å². The summed E-state index contributed by atoms with van der Waals surface area (Å²) in [5.74, 6) is -0.347. The summed E-state index contributed by atoms with van der Waals surface area (Å²) in [5.41, 5.74) is 1.35. The summed E-state index contributed by atoms with van der Waals surface area (Å²) < 4.78 is 16.9. The van der Waals surface area contributed by atoms with E-state index in [0.717, 1.165) is 22.2 Å². The number of thioether (sulfide) groups is 1. The van der Waals surface area contributed by atoms with Crippen molar-refractivity contribution < 1.29 is 28.6 Å². The minimum absolute atomic E-state index is 0.178. The topological polar surface area (TPSA) is 82.1 Å². The quantitative estimate of drug-likeness (QED) is 0.263. The van der Waals surface area contributed by atoms with Gasteiger partial charge in [0.05, 0.1) is 23.1 Å². The first kappa shape index (κ1) is 26.4. The molecule has 1 saturated heterocycles. The minimum atomic E-state index is -1.02. The van der Waals surface area contributed by atoms with Crippen LogP contribution in [0.5, 0.6) is 11.5 Å². The molecule has 180 valence electrons. The van der Waals surface area contributed by atoms with Crippen LogP contribution < -0.4 is 9.47 Å². The van der Waals surface area contributed by atoms with Gasteiger partial charge < -0.3 is 14.2 Å². The van der Waals surface area contributed by atoms with Gasteiger partial charge in [-0.2, -0.15) is 0 Å². The number of nitrogens with zero attached hydrogens (tertiary/aromatic N) is 1. The molecule has 3 rings (SSSR count). The zero-order valence-corrected chi connectivity index (χ0v) is 22.3. The summed E-state index contributed by atoms with van der Waals surface area (Å²) >= 11 is 16.4. The molecule has 34 heavy (non-hydrogen) atoms. The van der Waals surface area contributed by atoms with Crippen molar-refractivity contribution in [2.45, 2.75) is 26.5 Å². The number of hydrogen-bond acceptors (Lipinski definition) is 7. The Morgan fingerprint density at radius 2 is 1.94 bits per heavy atom.